The summed E-state index contributed by atoms with van der Waals surface area (Å²) in [6, 6.07) is 7.42. The minimum Gasteiger partial charge on any atom is -0.399 e. The van der Waals surface area contributed by atoms with E-state index in [1.54, 1.807) is 4.90 Å². The molecule has 0 spiro atoms. The number of hydrogen-bond donors (Lipinski definition) is 1. The number of carbonyl (C=O) groups is 1. The maximum Gasteiger partial charge on any atom is 0.229 e. The van der Waals surface area contributed by atoms with E-state index in [-0.39, 0.29) is 11.8 Å². The third kappa shape index (κ3) is 2.75. The van der Waals surface area contributed by atoms with Gasteiger partial charge in [0.2, 0.25) is 5.91 Å². The Balaban J connectivity index is 2.90. The van der Waals surface area contributed by atoms with E-state index in [9.17, 15) is 4.79 Å². The van der Waals surface area contributed by atoms with Gasteiger partial charge in [-0.05, 0) is 37.6 Å². The number of nitrogens with two attached hydrogens (primary N) is 1. The van der Waals surface area contributed by atoms with Crippen LogP contribution >= 0.6 is 0 Å². The molecule has 0 bridgehead atoms. The van der Waals surface area contributed by atoms with Crippen molar-refractivity contribution in [1.82, 2.24) is 0 Å². The van der Waals surface area contributed by atoms with Crippen LogP contribution in [0.25, 0.3) is 0 Å². The summed E-state index contributed by atoms with van der Waals surface area (Å²) in [5, 5.41) is 0. The predicted molar refractivity (Wildman–Crippen MR) is 68.3 cm³/mol. The van der Waals surface area contributed by atoms with E-state index in [4.69, 9.17) is 5.73 Å². The fourth-order valence-electron chi connectivity index (χ4n) is 1.56. The Bertz CT molecular complexity index is 345. The van der Waals surface area contributed by atoms with Crippen molar-refractivity contribution in [2.75, 3.05) is 17.2 Å². The van der Waals surface area contributed by atoms with Crippen LogP contribution in [-0.4, -0.2) is 12.5 Å². The molecule has 0 fully saturated rings. The zero-order valence-corrected chi connectivity index (χ0v) is 10.2. The Morgan fingerprint density at radius 1 is 1.31 bits per heavy atom. The zero-order chi connectivity index (χ0) is 12.1. The molecule has 1 rings (SSSR count). The van der Waals surface area contributed by atoms with Crippen molar-refractivity contribution in [3.63, 3.8) is 0 Å². The number of nitrogens with zero attached hydrogens (tertiary/aromatic N) is 1. The highest BCUT2D eigenvalue weighted by Gasteiger charge is 2.18. The molecular formula is C13H20N2O. The van der Waals surface area contributed by atoms with E-state index in [2.05, 4.69) is 0 Å². The lowest BCUT2D eigenvalue weighted by molar-refractivity contribution is -0.121. The average Bonchev–Trinajstić information content (AvgIpc) is 2.31. The lowest BCUT2D eigenvalue weighted by Gasteiger charge is -2.24. The van der Waals surface area contributed by atoms with E-state index >= 15 is 0 Å². The zero-order valence-electron chi connectivity index (χ0n) is 10.2. The van der Waals surface area contributed by atoms with Gasteiger partial charge in [0.25, 0.3) is 0 Å². The van der Waals surface area contributed by atoms with E-state index in [1.807, 2.05) is 45.0 Å². The number of rotatable bonds is 4. The van der Waals surface area contributed by atoms with Crippen LogP contribution in [0.4, 0.5) is 11.4 Å². The first-order chi connectivity index (χ1) is 7.60. The third-order valence-corrected chi connectivity index (χ3v) is 2.82. The van der Waals surface area contributed by atoms with Gasteiger partial charge in [-0.3, -0.25) is 4.79 Å². The largest absolute Gasteiger partial charge is 0.399 e. The number of benzene rings is 1. The van der Waals surface area contributed by atoms with Crippen LogP contribution in [0, 0.1) is 5.92 Å². The highest BCUT2D eigenvalue weighted by Crippen LogP contribution is 2.19. The van der Waals surface area contributed by atoms with Crippen molar-refractivity contribution >= 4 is 17.3 Å². The lowest BCUT2D eigenvalue weighted by Crippen LogP contribution is -2.34. The van der Waals surface area contributed by atoms with Crippen molar-refractivity contribution in [3.05, 3.63) is 24.3 Å². The summed E-state index contributed by atoms with van der Waals surface area (Å²) in [7, 11) is 0. The van der Waals surface area contributed by atoms with Gasteiger partial charge in [-0.2, -0.15) is 0 Å². The van der Waals surface area contributed by atoms with Crippen LogP contribution in [-0.2, 0) is 4.79 Å². The molecule has 0 saturated heterocycles. The van der Waals surface area contributed by atoms with Crippen LogP contribution in [0.5, 0.6) is 0 Å². The summed E-state index contributed by atoms with van der Waals surface area (Å²) in [6.07, 6.45) is 0.865. The molecule has 0 aliphatic carbocycles. The molecule has 0 aliphatic heterocycles. The third-order valence-electron chi connectivity index (χ3n) is 2.82. The number of hydrogen-bond acceptors (Lipinski definition) is 2. The lowest BCUT2D eigenvalue weighted by atomic mass is 10.1. The minimum absolute atomic E-state index is 0.0671. The Labute approximate surface area is 97.2 Å². The van der Waals surface area contributed by atoms with E-state index in [0.29, 0.717) is 6.54 Å². The van der Waals surface area contributed by atoms with Crippen molar-refractivity contribution < 1.29 is 4.79 Å². The molecule has 0 aromatic heterocycles. The molecule has 1 aromatic rings. The van der Waals surface area contributed by atoms with Crippen molar-refractivity contribution in [1.29, 1.82) is 0 Å². The normalized spacial score (nSPS) is 12.2. The van der Waals surface area contributed by atoms with Gasteiger partial charge in [0.1, 0.15) is 0 Å². The highest BCUT2D eigenvalue weighted by molar-refractivity contribution is 5.94. The van der Waals surface area contributed by atoms with Crippen LogP contribution in [0.15, 0.2) is 24.3 Å². The standard InChI is InChI=1S/C13H20N2O/c1-4-10(3)13(16)15(5-2)12-8-6-11(14)7-9-12/h6-10H,4-5,14H2,1-3H3. The molecule has 16 heavy (non-hydrogen) atoms. The van der Waals surface area contributed by atoms with Gasteiger partial charge in [-0.1, -0.05) is 13.8 Å². The summed E-state index contributed by atoms with van der Waals surface area (Å²) >= 11 is 0. The first-order valence-electron chi connectivity index (χ1n) is 5.77. The molecule has 1 atom stereocenters. The quantitative estimate of drug-likeness (QED) is 0.793. The van der Waals surface area contributed by atoms with Gasteiger partial charge in [0, 0.05) is 23.8 Å². The summed E-state index contributed by atoms with van der Waals surface area (Å²) in [5.74, 6) is 0.243. The molecule has 0 radical (unpaired) electrons. The molecule has 88 valence electrons. The summed E-state index contributed by atoms with van der Waals surface area (Å²) < 4.78 is 0. The fourth-order valence-corrected chi connectivity index (χ4v) is 1.56. The second-order valence-electron chi connectivity index (χ2n) is 3.98. The van der Waals surface area contributed by atoms with Crippen LogP contribution < -0.4 is 10.6 Å². The summed E-state index contributed by atoms with van der Waals surface area (Å²) in [5.41, 5.74) is 7.26. The van der Waals surface area contributed by atoms with Crippen LogP contribution in [0.1, 0.15) is 27.2 Å². The minimum atomic E-state index is 0.0671. The number of carbonyl (C=O) groups excluding carboxylic acids is 1. The molecule has 0 saturated carbocycles. The number of amides is 1. The molecule has 3 heteroatoms. The maximum atomic E-state index is 12.1. The Morgan fingerprint density at radius 3 is 2.31 bits per heavy atom. The van der Waals surface area contributed by atoms with Crippen molar-refractivity contribution in [2.24, 2.45) is 5.92 Å². The van der Waals surface area contributed by atoms with Gasteiger partial charge in [0.15, 0.2) is 0 Å². The van der Waals surface area contributed by atoms with Crippen molar-refractivity contribution in [3.8, 4) is 0 Å². The second kappa shape index (κ2) is 5.54. The summed E-state index contributed by atoms with van der Waals surface area (Å²) in [6.45, 7) is 6.66. The first kappa shape index (κ1) is 12.6. The SMILES string of the molecule is CCC(C)C(=O)N(CC)c1ccc(N)cc1. The summed E-state index contributed by atoms with van der Waals surface area (Å²) in [4.78, 5) is 13.9. The van der Waals surface area contributed by atoms with Gasteiger partial charge in [0.05, 0.1) is 0 Å². The van der Waals surface area contributed by atoms with Gasteiger partial charge >= 0.3 is 0 Å². The van der Waals surface area contributed by atoms with E-state index in [0.717, 1.165) is 17.8 Å². The molecular weight excluding hydrogens is 200 g/mol. The first-order valence-corrected chi connectivity index (χ1v) is 5.77. The molecule has 1 unspecified atom stereocenters. The Kier molecular flexibility index (Phi) is 4.35. The van der Waals surface area contributed by atoms with E-state index in [1.165, 1.54) is 0 Å². The van der Waals surface area contributed by atoms with Crippen LogP contribution in [0.3, 0.4) is 0 Å². The highest BCUT2D eigenvalue weighted by atomic mass is 16.2. The van der Waals surface area contributed by atoms with Gasteiger partial charge in [-0.25, -0.2) is 0 Å². The number of nitrogen functional groups attached to an aromatic ring is 1. The number of anilines is 2. The topological polar surface area (TPSA) is 46.3 Å². The monoisotopic (exact) mass is 220 g/mol. The van der Waals surface area contributed by atoms with Gasteiger partial charge < -0.3 is 10.6 Å². The Morgan fingerprint density at radius 2 is 1.88 bits per heavy atom. The average molecular weight is 220 g/mol. The molecule has 1 aromatic carbocycles. The van der Waals surface area contributed by atoms with Crippen LogP contribution in [0.2, 0.25) is 0 Å². The van der Waals surface area contributed by atoms with E-state index < -0.39 is 0 Å². The van der Waals surface area contributed by atoms with Crippen molar-refractivity contribution in [2.45, 2.75) is 27.2 Å². The molecule has 1 amide bonds. The molecule has 0 aliphatic rings. The molecule has 3 nitrogen and oxygen atoms in total. The smallest absolute Gasteiger partial charge is 0.229 e. The predicted octanol–water partition coefficient (Wildman–Crippen LogP) is 2.67. The Hall–Kier alpha value is -1.51. The maximum absolute atomic E-state index is 12.1. The molecule has 2 N–H and O–H groups in total. The van der Waals surface area contributed by atoms with Gasteiger partial charge in [-0.15, -0.1) is 0 Å². The molecule has 0 heterocycles. The second-order valence-corrected chi connectivity index (χ2v) is 3.98. The fraction of sp³-hybridized carbons (Fsp3) is 0.462.